The van der Waals surface area contributed by atoms with Gasteiger partial charge >= 0.3 is 0 Å². The van der Waals surface area contributed by atoms with Crippen LogP contribution in [-0.2, 0) is 0 Å². The van der Waals surface area contributed by atoms with Gasteiger partial charge < -0.3 is 10.2 Å². The Labute approximate surface area is 158 Å². The molecule has 0 aliphatic carbocycles. The molecule has 1 aromatic carbocycles. The number of aromatic nitrogens is 3. The number of nitrogens with zero attached hydrogens (tertiary/aromatic N) is 4. The molecule has 3 aromatic rings. The fourth-order valence-electron chi connectivity index (χ4n) is 3.67. The van der Waals surface area contributed by atoms with Gasteiger partial charge in [-0.05, 0) is 57.1 Å². The molecule has 4 rings (SSSR count). The standard InChI is InChI=1S/C20H22ClN5/c1-13-10-14(21)5-6-16(13)19-17-7-8-22-11-18(17)20(25-24-19)23-15-4-3-9-26(2)12-15/h5-8,10-11,15H,3-4,9,12H2,1-2H3,(H,23,25)/t15-/m1/s1. The summed E-state index contributed by atoms with van der Waals surface area (Å²) in [6, 6.07) is 8.24. The number of pyridine rings is 1. The van der Waals surface area contributed by atoms with Gasteiger partial charge in [0.15, 0.2) is 5.82 Å². The molecule has 0 unspecified atom stereocenters. The lowest BCUT2D eigenvalue weighted by Crippen LogP contribution is -2.40. The molecule has 2 aromatic heterocycles. The van der Waals surface area contributed by atoms with Crippen molar-refractivity contribution in [2.24, 2.45) is 0 Å². The van der Waals surface area contributed by atoms with E-state index in [0.717, 1.165) is 57.9 Å². The van der Waals surface area contributed by atoms with Crippen LogP contribution < -0.4 is 5.32 Å². The first-order valence-electron chi connectivity index (χ1n) is 8.94. The molecule has 1 saturated heterocycles. The quantitative estimate of drug-likeness (QED) is 0.753. The summed E-state index contributed by atoms with van der Waals surface area (Å²) in [5, 5.41) is 15.4. The van der Waals surface area contributed by atoms with Crippen LogP contribution in [-0.4, -0.2) is 46.3 Å². The van der Waals surface area contributed by atoms with Crippen LogP contribution in [0.25, 0.3) is 22.0 Å². The number of benzene rings is 1. The van der Waals surface area contributed by atoms with Crippen molar-refractivity contribution in [2.45, 2.75) is 25.8 Å². The van der Waals surface area contributed by atoms with E-state index >= 15 is 0 Å². The van der Waals surface area contributed by atoms with Crippen molar-refractivity contribution >= 4 is 28.2 Å². The van der Waals surface area contributed by atoms with Crippen molar-refractivity contribution in [3.05, 3.63) is 47.2 Å². The van der Waals surface area contributed by atoms with Crippen LogP contribution in [0.1, 0.15) is 18.4 Å². The third kappa shape index (κ3) is 3.37. The molecule has 1 N–H and O–H groups in total. The lowest BCUT2D eigenvalue weighted by atomic mass is 10.0. The topological polar surface area (TPSA) is 53.9 Å². The van der Waals surface area contributed by atoms with Crippen molar-refractivity contribution in [1.82, 2.24) is 20.1 Å². The van der Waals surface area contributed by atoms with Gasteiger partial charge in [0.25, 0.3) is 0 Å². The van der Waals surface area contributed by atoms with E-state index in [2.05, 4.69) is 32.4 Å². The molecule has 0 spiro atoms. The van der Waals surface area contributed by atoms with Crippen LogP contribution in [0, 0.1) is 6.92 Å². The number of anilines is 1. The van der Waals surface area contributed by atoms with E-state index in [1.54, 1.807) is 6.20 Å². The number of fused-ring (bicyclic) bond motifs is 1. The van der Waals surface area contributed by atoms with Gasteiger partial charge in [-0.2, -0.15) is 0 Å². The maximum absolute atomic E-state index is 6.11. The van der Waals surface area contributed by atoms with Gasteiger partial charge in [-0.3, -0.25) is 4.98 Å². The maximum Gasteiger partial charge on any atom is 0.158 e. The van der Waals surface area contributed by atoms with Crippen LogP contribution in [0.15, 0.2) is 36.7 Å². The van der Waals surface area contributed by atoms with E-state index < -0.39 is 0 Å². The molecular weight excluding hydrogens is 346 g/mol. The molecule has 0 saturated carbocycles. The number of hydrogen-bond acceptors (Lipinski definition) is 5. The summed E-state index contributed by atoms with van der Waals surface area (Å²) < 4.78 is 0. The number of piperidine rings is 1. The van der Waals surface area contributed by atoms with E-state index in [1.165, 1.54) is 6.42 Å². The second-order valence-electron chi connectivity index (χ2n) is 7.02. The summed E-state index contributed by atoms with van der Waals surface area (Å²) in [6.07, 6.45) is 6.01. The average Bonchev–Trinajstić information content (AvgIpc) is 2.63. The summed E-state index contributed by atoms with van der Waals surface area (Å²) in [4.78, 5) is 6.66. The average molecular weight is 368 g/mol. The Kier molecular flexibility index (Phi) is 4.74. The summed E-state index contributed by atoms with van der Waals surface area (Å²) in [6.45, 7) is 4.21. The van der Waals surface area contributed by atoms with Crippen molar-refractivity contribution in [1.29, 1.82) is 0 Å². The lowest BCUT2D eigenvalue weighted by Gasteiger charge is -2.30. The van der Waals surface area contributed by atoms with Gasteiger partial charge in [0.05, 0.1) is 0 Å². The molecule has 1 fully saturated rings. The Morgan fingerprint density at radius 1 is 1.19 bits per heavy atom. The van der Waals surface area contributed by atoms with Crippen LogP contribution in [0.3, 0.4) is 0 Å². The second-order valence-corrected chi connectivity index (χ2v) is 7.46. The molecular formula is C20H22ClN5. The minimum absolute atomic E-state index is 0.384. The highest BCUT2D eigenvalue weighted by Gasteiger charge is 2.19. The largest absolute Gasteiger partial charge is 0.364 e. The molecule has 1 aliphatic heterocycles. The highest BCUT2D eigenvalue weighted by molar-refractivity contribution is 6.30. The molecule has 6 heteroatoms. The van der Waals surface area contributed by atoms with Gasteiger partial charge in [-0.25, -0.2) is 0 Å². The predicted molar refractivity (Wildman–Crippen MR) is 107 cm³/mol. The van der Waals surface area contributed by atoms with E-state index in [0.29, 0.717) is 6.04 Å². The molecule has 1 atom stereocenters. The van der Waals surface area contributed by atoms with Crippen LogP contribution in [0.2, 0.25) is 5.02 Å². The molecule has 5 nitrogen and oxygen atoms in total. The Morgan fingerprint density at radius 3 is 2.88 bits per heavy atom. The van der Waals surface area contributed by atoms with Crippen LogP contribution in [0.4, 0.5) is 5.82 Å². The van der Waals surface area contributed by atoms with Gasteiger partial charge in [0.1, 0.15) is 5.69 Å². The Balaban J connectivity index is 1.76. The van der Waals surface area contributed by atoms with Crippen LogP contribution in [0.5, 0.6) is 0 Å². The van der Waals surface area contributed by atoms with Gasteiger partial charge in [-0.1, -0.05) is 17.7 Å². The van der Waals surface area contributed by atoms with Gasteiger partial charge in [0.2, 0.25) is 0 Å². The highest BCUT2D eigenvalue weighted by Crippen LogP contribution is 2.32. The lowest BCUT2D eigenvalue weighted by molar-refractivity contribution is 0.261. The zero-order valence-electron chi connectivity index (χ0n) is 15.0. The number of hydrogen-bond donors (Lipinski definition) is 1. The number of likely N-dealkylation sites (N-methyl/N-ethyl adjacent to an activating group) is 1. The number of nitrogens with one attached hydrogen (secondary N) is 1. The fraction of sp³-hybridized carbons (Fsp3) is 0.350. The number of likely N-dealkylation sites (tertiary alicyclic amines) is 1. The first-order valence-corrected chi connectivity index (χ1v) is 9.31. The minimum Gasteiger partial charge on any atom is -0.364 e. The first kappa shape index (κ1) is 17.2. The summed E-state index contributed by atoms with van der Waals surface area (Å²) in [5.41, 5.74) is 2.99. The van der Waals surface area contributed by atoms with E-state index in [-0.39, 0.29) is 0 Å². The number of rotatable bonds is 3. The van der Waals surface area contributed by atoms with E-state index in [1.807, 2.05) is 37.4 Å². The van der Waals surface area contributed by atoms with Crippen LogP contribution >= 0.6 is 11.6 Å². The number of halogens is 1. The second kappa shape index (κ2) is 7.17. The zero-order valence-corrected chi connectivity index (χ0v) is 15.8. The van der Waals surface area contributed by atoms with E-state index in [9.17, 15) is 0 Å². The predicted octanol–water partition coefficient (Wildman–Crippen LogP) is 4.16. The molecule has 134 valence electrons. The summed E-state index contributed by atoms with van der Waals surface area (Å²) >= 11 is 6.11. The molecule has 3 heterocycles. The molecule has 0 amide bonds. The Bertz CT molecular complexity index is 943. The first-order chi connectivity index (χ1) is 12.6. The third-order valence-electron chi connectivity index (χ3n) is 4.99. The SMILES string of the molecule is Cc1cc(Cl)ccc1-c1nnc(N[C@@H]2CCCN(C)C2)c2cnccc12. The molecule has 26 heavy (non-hydrogen) atoms. The van der Waals surface area contributed by atoms with Crippen molar-refractivity contribution in [2.75, 3.05) is 25.5 Å². The van der Waals surface area contributed by atoms with Crippen molar-refractivity contribution < 1.29 is 0 Å². The zero-order chi connectivity index (χ0) is 18.1. The smallest absolute Gasteiger partial charge is 0.158 e. The number of aryl methyl sites for hydroxylation is 1. The van der Waals surface area contributed by atoms with Gasteiger partial charge in [-0.15, -0.1) is 10.2 Å². The Hall–Kier alpha value is -2.24. The maximum atomic E-state index is 6.11. The fourth-order valence-corrected chi connectivity index (χ4v) is 3.90. The van der Waals surface area contributed by atoms with Gasteiger partial charge in [0, 0.05) is 46.3 Å². The van der Waals surface area contributed by atoms with Crippen molar-refractivity contribution in [3.63, 3.8) is 0 Å². The summed E-state index contributed by atoms with van der Waals surface area (Å²) in [5.74, 6) is 0.809. The molecule has 0 radical (unpaired) electrons. The minimum atomic E-state index is 0.384. The normalized spacial score (nSPS) is 18.2. The Morgan fingerprint density at radius 2 is 2.08 bits per heavy atom. The van der Waals surface area contributed by atoms with E-state index in [4.69, 9.17) is 11.6 Å². The summed E-state index contributed by atoms with van der Waals surface area (Å²) in [7, 11) is 2.16. The van der Waals surface area contributed by atoms with Crippen molar-refractivity contribution in [3.8, 4) is 11.3 Å². The third-order valence-corrected chi connectivity index (χ3v) is 5.23. The highest BCUT2D eigenvalue weighted by atomic mass is 35.5. The monoisotopic (exact) mass is 367 g/mol. The molecule has 0 bridgehead atoms. The molecule has 1 aliphatic rings.